The molecule has 1 heterocycles. The number of ether oxygens (including phenoxy) is 2. The Bertz CT molecular complexity index is 983. The van der Waals surface area contributed by atoms with Crippen molar-refractivity contribution in [1.82, 2.24) is 4.98 Å². The largest absolute Gasteiger partial charge is 0.516 e. The number of nitrogens with zero attached hydrogens (tertiary/aromatic N) is 1. The second kappa shape index (κ2) is 8.06. The summed E-state index contributed by atoms with van der Waals surface area (Å²) >= 11 is 0.259. The molecule has 0 unspecified atom stereocenters. The monoisotopic (exact) mass is 464 g/mol. The third-order valence-corrected chi connectivity index (χ3v) is 4.98. The van der Waals surface area contributed by atoms with Gasteiger partial charge >= 0.3 is 27.7 Å². The fourth-order valence-corrected chi connectivity index (χ4v) is 3.19. The Kier molecular flexibility index (Phi) is 6.32. The number of carbonyl (C=O) groups excluding carboxylic acids is 1. The number of alkyl halides is 6. The average molecular weight is 464 g/mol. The van der Waals surface area contributed by atoms with Crippen molar-refractivity contribution in [2.75, 3.05) is 11.3 Å². The van der Waals surface area contributed by atoms with Gasteiger partial charge in [0.15, 0.2) is 5.69 Å². The molecule has 0 bridgehead atoms. The number of hydrogen-bond donors (Lipinski definition) is 1. The number of rotatable bonds is 6. The lowest BCUT2D eigenvalue weighted by atomic mass is 10.3. The second-order valence-electron chi connectivity index (χ2n) is 5.05. The molecule has 1 N–H and O–H groups in total. The minimum atomic E-state index is -5.63. The maximum absolute atomic E-state index is 13.0. The van der Waals surface area contributed by atoms with Crippen LogP contribution in [0, 0.1) is 0 Å². The maximum Gasteiger partial charge on any atom is 0.516 e. The summed E-state index contributed by atoms with van der Waals surface area (Å²) in [5.74, 6) is -1.41. The van der Waals surface area contributed by atoms with Crippen LogP contribution in [0.1, 0.15) is 22.3 Å². The highest BCUT2D eigenvalue weighted by Gasteiger charge is 2.46. The van der Waals surface area contributed by atoms with Gasteiger partial charge in [-0.2, -0.15) is 39.7 Å². The number of hydrogen-bond acceptors (Lipinski definition) is 7. The maximum atomic E-state index is 13.0. The van der Waals surface area contributed by atoms with Crippen LogP contribution in [-0.4, -0.2) is 31.5 Å². The van der Waals surface area contributed by atoms with E-state index in [0.717, 1.165) is 24.3 Å². The standard InChI is InChI=1S/C14H10F6N2O5S2/c1-2-26-11(23)9-10(13(15,16)17)21-12(28-9)27-8-5-3-7(4-6-8)22-29(24,25)14(18,19)20/h3-6,22H,2H2,1H3. The van der Waals surface area contributed by atoms with E-state index in [1.165, 1.54) is 11.6 Å². The Morgan fingerprint density at radius 2 is 1.72 bits per heavy atom. The van der Waals surface area contributed by atoms with Crippen LogP contribution in [0.15, 0.2) is 24.3 Å². The first-order valence-electron chi connectivity index (χ1n) is 7.36. The lowest BCUT2D eigenvalue weighted by Crippen LogP contribution is -2.29. The van der Waals surface area contributed by atoms with Crippen LogP contribution in [0.25, 0.3) is 0 Å². The zero-order valence-electron chi connectivity index (χ0n) is 14.1. The van der Waals surface area contributed by atoms with E-state index in [1.54, 1.807) is 0 Å². The Hall–Kier alpha value is -2.55. The normalized spacial score (nSPS) is 12.5. The molecule has 0 aliphatic heterocycles. The predicted octanol–water partition coefficient (Wildman–Crippen LogP) is 4.39. The summed E-state index contributed by atoms with van der Waals surface area (Å²) in [5.41, 5.74) is -7.50. The van der Waals surface area contributed by atoms with E-state index >= 15 is 0 Å². The van der Waals surface area contributed by atoms with Crippen molar-refractivity contribution in [2.24, 2.45) is 0 Å². The molecule has 160 valence electrons. The quantitative estimate of drug-likeness (QED) is 0.503. The van der Waals surface area contributed by atoms with Gasteiger partial charge < -0.3 is 9.47 Å². The summed E-state index contributed by atoms with van der Waals surface area (Å²) in [6.07, 6.45) is -4.96. The van der Waals surface area contributed by atoms with E-state index in [0.29, 0.717) is 0 Å². The van der Waals surface area contributed by atoms with E-state index in [4.69, 9.17) is 4.74 Å². The van der Waals surface area contributed by atoms with Gasteiger partial charge in [-0.3, -0.25) is 4.72 Å². The summed E-state index contributed by atoms with van der Waals surface area (Å²) in [4.78, 5) is 14.0. The number of anilines is 1. The molecule has 0 atom stereocenters. The minimum absolute atomic E-state index is 0.167. The van der Waals surface area contributed by atoms with Gasteiger partial charge in [-0.1, -0.05) is 11.3 Å². The van der Waals surface area contributed by atoms with Crippen molar-refractivity contribution < 1.29 is 49.0 Å². The van der Waals surface area contributed by atoms with E-state index in [2.05, 4.69) is 9.72 Å². The molecular formula is C14H10F6N2O5S2. The number of carbonyl (C=O) groups is 1. The van der Waals surface area contributed by atoms with Gasteiger partial charge in [-0.15, -0.1) is 0 Å². The molecule has 15 heteroatoms. The molecule has 2 rings (SSSR count). The molecule has 0 aliphatic rings. The molecule has 2 aromatic rings. The Labute approximate surface area is 163 Å². The molecule has 1 aromatic carbocycles. The van der Waals surface area contributed by atoms with Crippen LogP contribution in [0.3, 0.4) is 0 Å². The van der Waals surface area contributed by atoms with Crippen LogP contribution in [0.2, 0.25) is 0 Å². The molecule has 0 amide bonds. The van der Waals surface area contributed by atoms with Crippen LogP contribution in [0.4, 0.5) is 32.0 Å². The number of thiazole rings is 1. The van der Waals surface area contributed by atoms with Crippen molar-refractivity contribution >= 4 is 33.0 Å². The summed E-state index contributed by atoms with van der Waals surface area (Å²) in [6, 6.07) is 3.77. The molecule has 1 aromatic heterocycles. The molecule has 0 saturated carbocycles. The van der Waals surface area contributed by atoms with Gasteiger partial charge in [-0.05, 0) is 31.2 Å². The number of sulfonamides is 1. The van der Waals surface area contributed by atoms with Crippen molar-refractivity contribution in [3.63, 3.8) is 0 Å². The van der Waals surface area contributed by atoms with E-state index in [-0.39, 0.29) is 23.7 Å². The highest BCUT2D eigenvalue weighted by atomic mass is 32.2. The number of aromatic nitrogens is 1. The molecule has 0 aliphatic carbocycles. The van der Waals surface area contributed by atoms with Crippen LogP contribution < -0.4 is 9.46 Å². The fraction of sp³-hybridized carbons (Fsp3) is 0.286. The third kappa shape index (κ3) is 5.50. The van der Waals surface area contributed by atoms with Crippen LogP contribution in [0.5, 0.6) is 10.9 Å². The van der Waals surface area contributed by atoms with Gasteiger partial charge in [0.1, 0.15) is 10.6 Å². The van der Waals surface area contributed by atoms with Gasteiger partial charge in [0, 0.05) is 5.69 Å². The summed E-state index contributed by atoms with van der Waals surface area (Å²) in [5, 5.41) is -0.580. The lowest BCUT2D eigenvalue weighted by molar-refractivity contribution is -0.141. The molecule has 0 fully saturated rings. The Balaban J connectivity index is 2.23. The zero-order chi connectivity index (χ0) is 22.0. The SMILES string of the molecule is CCOC(=O)c1sc(Oc2ccc(NS(=O)(=O)C(F)(F)F)cc2)nc1C(F)(F)F. The third-order valence-electron chi connectivity index (χ3n) is 2.95. The van der Waals surface area contributed by atoms with Gasteiger partial charge in [0.2, 0.25) is 0 Å². The molecule has 7 nitrogen and oxygen atoms in total. The first-order valence-corrected chi connectivity index (χ1v) is 9.66. The number of nitrogens with one attached hydrogen (secondary N) is 1. The van der Waals surface area contributed by atoms with Gasteiger partial charge in [0.25, 0.3) is 5.19 Å². The first kappa shape index (κ1) is 22.7. The zero-order valence-corrected chi connectivity index (χ0v) is 15.7. The smallest absolute Gasteiger partial charge is 0.462 e. The van der Waals surface area contributed by atoms with E-state index in [1.807, 2.05) is 0 Å². The van der Waals surface area contributed by atoms with Crippen molar-refractivity contribution in [3.05, 3.63) is 34.8 Å². The highest BCUT2D eigenvalue weighted by molar-refractivity contribution is 7.93. The average Bonchev–Trinajstić information content (AvgIpc) is 3.00. The van der Waals surface area contributed by atoms with Crippen molar-refractivity contribution in [2.45, 2.75) is 18.6 Å². The summed E-state index contributed by atoms with van der Waals surface area (Å²) in [7, 11) is -5.63. The van der Waals surface area contributed by atoms with Gasteiger partial charge in [0.05, 0.1) is 6.61 Å². The predicted molar refractivity (Wildman–Crippen MR) is 88.2 cm³/mol. The van der Waals surface area contributed by atoms with Crippen molar-refractivity contribution in [3.8, 4) is 10.9 Å². The van der Waals surface area contributed by atoms with E-state index in [9.17, 15) is 39.6 Å². The molecular weight excluding hydrogens is 454 g/mol. The van der Waals surface area contributed by atoms with E-state index < -0.39 is 49.1 Å². The first-order chi connectivity index (χ1) is 13.2. The Morgan fingerprint density at radius 3 is 2.21 bits per heavy atom. The number of esters is 1. The minimum Gasteiger partial charge on any atom is -0.462 e. The number of benzene rings is 1. The van der Waals surface area contributed by atoms with Crippen molar-refractivity contribution in [1.29, 1.82) is 0 Å². The highest BCUT2D eigenvalue weighted by Crippen LogP contribution is 2.39. The number of halogens is 6. The molecule has 29 heavy (non-hydrogen) atoms. The summed E-state index contributed by atoms with van der Waals surface area (Å²) < 4.78 is 109. The molecule has 0 saturated heterocycles. The topological polar surface area (TPSA) is 94.6 Å². The summed E-state index contributed by atoms with van der Waals surface area (Å²) in [6.45, 7) is 1.23. The van der Waals surface area contributed by atoms with Crippen LogP contribution in [-0.2, 0) is 20.9 Å². The fourth-order valence-electron chi connectivity index (χ4n) is 1.78. The lowest BCUT2D eigenvalue weighted by Gasteiger charge is -2.10. The molecule has 0 radical (unpaired) electrons. The van der Waals surface area contributed by atoms with Crippen LogP contribution >= 0.6 is 11.3 Å². The Morgan fingerprint density at radius 1 is 1.14 bits per heavy atom. The second-order valence-corrected chi connectivity index (χ2v) is 7.69. The molecule has 0 spiro atoms. The van der Waals surface area contributed by atoms with Gasteiger partial charge in [-0.25, -0.2) is 4.79 Å².